The van der Waals surface area contributed by atoms with Gasteiger partial charge in [-0.3, -0.25) is 56.9 Å². The van der Waals surface area contributed by atoms with Gasteiger partial charge in [-0.15, -0.1) is 0 Å². The SMILES string of the molecule is COCCNC(=O)C[C@@H]1[C@@H](COP(=O)(O)OP(=O)(O)OP(=O)(O)OC[C@H]2O[C@@H](n3cnc4c(=O)[nH]c(N)nc43)[C@H](OC)[C@@H]2P(=O)(O)OC[C@H]2O[C@@H](n3cnc4c(=O)[nH]c(N)nc43)[C@H](O)[C@@H]2O)OC(n2c[n+](C)c3c(=O)[nH]c(N)nc32)[C@@H]1O. The predicted molar refractivity (Wildman–Crippen MR) is 268 cm³/mol. The third-order valence-corrected chi connectivity index (χ3v) is 19.2. The lowest BCUT2D eigenvalue weighted by atomic mass is 9.94. The summed E-state index contributed by atoms with van der Waals surface area (Å²) in [5.41, 5.74) is 11.8. The van der Waals surface area contributed by atoms with Crippen molar-refractivity contribution in [2.24, 2.45) is 13.0 Å². The fraction of sp³-hybridized carbons (Fsp3) is 0.568. The van der Waals surface area contributed by atoms with E-state index in [1.54, 1.807) is 0 Å². The van der Waals surface area contributed by atoms with Crippen molar-refractivity contribution in [3.63, 3.8) is 0 Å². The largest absolute Gasteiger partial charge is 0.490 e. The molecule has 450 valence electrons. The van der Waals surface area contributed by atoms with Gasteiger partial charge in [0.15, 0.2) is 34.8 Å². The molecule has 16 atom stereocenters. The molecule has 0 bridgehead atoms. The molecule has 3 saturated heterocycles. The van der Waals surface area contributed by atoms with E-state index in [1.165, 1.54) is 29.6 Å². The Hall–Kier alpha value is -5.84. The number of phosphoric acid groups is 3. The second-order valence-corrected chi connectivity index (χ2v) is 25.0. The van der Waals surface area contributed by atoms with E-state index < -0.39 is 159 Å². The number of aliphatic hydroxyl groups is 3. The highest BCUT2D eigenvalue weighted by molar-refractivity contribution is 7.66. The van der Waals surface area contributed by atoms with E-state index in [-0.39, 0.29) is 58.5 Å². The van der Waals surface area contributed by atoms with Crippen molar-refractivity contribution in [3.05, 3.63) is 50.0 Å². The first-order valence-electron chi connectivity index (χ1n) is 23.7. The number of aromatic amines is 3. The van der Waals surface area contributed by atoms with Crippen molar-refractivity contribution >= 4 is 88.3 Å². The Balaban J connectivity index is 0.902. The number of carbonyl (C=O) groups is 1. The van der Waals surface area contributed by atoms with Crippen LogP contribution < -0.4 is 43.8 Å². The van der Waals surface area contributed by atoms with Crippen LogP contribution in [0.4, 0.5) is 17.8 Å². The van der Waals surface area contributed by atoms with Gasteiger partial charge in [0.25, 0.3) is 22.3 Å². The molecule has 0 radical (unpaired) electrons. The number of nitrogen functional groups attached to an aromatic ring is 3. The van der Waals surface area contributed by atoms with E-state index in [1.807, 2.05) is 0 Å². The fourth-order valence-electron chi connectivity index (χ4n) is 9.48. The highest BCUT2D eigenvalue weighted by Crippen LogP contribution is 2.68. The van der Waals surface area contributed by atoms with Gasteiger partial charge in [-0.05, 0) is 0 Å². The topological polar surface area (TPSA) is 591 Å². The number of nitrogens with two attached hydrogens (primary N) is 3. The molecule has 82 heavy (non-hydrogen) atoms. The molecule has 3 aliphatic rings. The number of hydrogen-bond donors (Lipinski definition) is 14. The Labute approximate surface area is 455 Å². The number of hydrogen-bond acceptors (Lipinski definition) is 29. The molecule has 41 nitrogen and oxygen atoms in total. The molecule has 0 saturated carbocycles. The zero-order valence-corrected chi connectivity index (χ0v) is 46.0. The van der Waals surface area contributed by atoms with Crippen LogP contribution >= 0.6 is 31.1 Å². The number of amides is 1. The molecular formula is C37H53N16O25P4+. The predicted octanol–water partition coefficient (Wildman–Crippen LogP) is -4.94. The number of rotatable bonds is 23. The number of phosphoric ester groups is 2. The molecule has 6 aromatic rings. The summed E-state index contributed by atoms with van der Waals surface area (Å²) in [5, 5.41) is 36.1. The Morgan fingerprint density at radius 3 is 1.76 bits per heavy atom. The van der Waals surface area contributed by atoms with E-state index in [2.05, 4.69) is 53.8 Å². The molecule has 0 aliphatic carbocycles. The van der Waals surface area contributed by atoms with Crippen LogP contribution in [0.3, 0.4) is 0 Å². The van der Waals surface area contributed by atoms with Crippen molar-refractivity contribution in [3.8, 4) is 0 Å². The summed E-state index contributed by atoms with van der Waals surface area (Å²) in [5.74, 6) is -3.04. The summed E-state index contributed by atoms with van der Waals surface area (Å²) < 4.78 is 111. The summed E-state index contributed by atoms with van der Waals surface area (Å²) >= 11 is 0. The van der Waals surface area contributed by atoms with E-state index in [9.17, 15) is 72.3 Å². The van der Waals surface area contributed by atoms with Gasteiger partial charge in [0.05, 0.1) is 52.2 Å². The highest BCUT2D eigenvalue weighted by Gasteiger charge is 2.58. The average molecular weight is 1250 g/mol. The third kappa shape index (κ3) is 12.4. The Bertz CT molecular complexity index is 3780. The zero-order chi connectivity index (χ0) is 59.5. The molecule has 5 unspecified atom stereocenters. The summed E-state index contributed by atoms with van der Waals surface area (Å²) in [6, 6.07) is 0. The van der Waals surface area contributed by atoms with Crippen LogP contribution in [0.2, 0.25) is 0 Å². The summed E-state index contributed by atoms with van der Waals surface area (Å²) in [7, 11) is -19.9. The van der Waals surface area contributed by atoms with Gasteiger partial charge in [0.2, 0.25) is 36.3 Å². The average Bonchev–Trinajstić information content (AvgIpc) is 2.83. The molecule has 3 aliphatic heterocycles. The maximum Gasteiger partial charge on any atom is 0.490 e. The lowest BCUT2D eigenvalue weighted by molar-refractivity contribution is -0.646. The number of H-pyrrole nitrogens is 3. The monoisotopic (exact) mass is 1250 g/mol. The lowest BCUT2D eigenvalue weighted by Crippen LogP contribution is -2.38. The van der Waals surface area contributed by atoms with Crippen LogP contribution in [0.15, 0.2) is 33.4 Å². The molecule has 6 aromatic heterocycles. The van der Waals surface area contributed by atoms with Crippen molar-refractivity contribution < 1.29 is 108 Å². The van der Waals surface area contributed by atoms with Gasteiger partial charge in [-0.1, -0.05) is 0 Å². The van der Waals surface area contributed by atoms with Crippen LogP contribution in [-0.4, -0.2) is 190 Å². The smallest absolute Gasteiger partial charge is 0.387 e. The Morgan fingerprint density at radius 2 is 1.18 bits per heavy atom. The van der Waals surface area contributed by atoms with Crippen molar-refractivity contribution in [1.82, 2.24) is 58.9 Å². The molecule has 0 spiro atoms. The number of nitrogens with one attached hydrogen (secondary N) is 4. The van der Waals surface area contributed by atoms with Gasteiger partial charge >= 0.3 is 36.6 Å². The van der Waals surface area contributed by atoms with Gasteiger partial charge in [-0.2, -0.15) is 28.1 Å². The summed E-state index contributed by atoms with van der Waals surface area (Å²) in [4.78, 5) is 121. The van der Waals surface area contributed by atoms with Crippen molar-refractivity contribution in [2.45, 2.75) is 73.5 Å². The van der Waals surface area contributed by atoms with Gasteiger partial charge in [0.1, 0.15) is 42.3 Å². The number of ether oxygens (including phenoxy) is 5. The Kier molecular flexibility index (Phi) is 17.3. The Morgan fingerprint density at radius 1 is 0.683 bits per heavy atom. The van der Waals surface area contributed by atoms with E-state index in [0.29, 0.717) is 0 Å². The first-order valence-corrected chi connectivity index (χ1v) is 29.8. The van der Waals surface area contributed by atoms with Crippen LogP contribution in [-0.2, 0) is 76.0 Å². The molecule has 3 fully saturated rings. The van der Waals surface area contributed by atoms with Crippen LogP contribution in [0.25, 0.3) is 33.5 Å². The number of carbonyl (C=O) groups excluding carboxylic acids is 1. The standard InChI is InChI=1S/C37H52N16O25P4/c1-50-12-53(28-20(50)31(60)49-37(40)46-28)32-21(55)13(6-17(54)41-4-5-69-2)14(74-32)7-72-80(63,64)77-82(67,68)78-81(65,66)73-9-16-25(24(70-3)34(76-16)52-11-43-19-27(52)45-36(39)48-30(19)59)79(61,62)71-8-15-22(56)23(57)33(75-15)51-10-42-18-26(51)44-35(38)47-29(18)58/h10-16,21-25,32-34,55-57H,4-9H2,1-3H3,(H13-,38,39,40,41,44,45,46,47,48,49,54,58,59,60,61,62,63,64,65,66,67,68)/p+1/t13-,14-,15-,16-,21-,22-,23-,24-,25-,32?,33-,34-/m1/s1. The first-order chi connectivity index (χ1) is 38.5. The van der Waals surface area contributed by atoms with Gasteiger partial charge < -0.3 is 85.6 Å². The summed E-state index contributed by atoms with van der Waals surface area (Å²) in [6.07, 6.45) is -14.1. The van der Waals surface area contributed by atoms with E-state index >= 15 is 0 Å². The molecule has 9 heterocycles. The lowest BCUT2D eigenvalue weighted by Gasteiger charge is -2.28. The fourth-order valence-corrected chi connectivity index (χ4v) is 14.8. The molecular weight excluding hydrogens is 1190 g/mol. The number of aryl methyl sites for hydroxylation is 1. The summed E-state index contributed by atoms with van der Waals surface area (Å²) in [6.45, 7) is -3.37. The van der Waals surface area contributed by atoms with Gasteiger partial charge in [-0.25, -0.2) is 28.2 Å². The van der Waals surface area contributed by atoms with E-state index in [4.69, 9.17) is 54.5 Å². The number of anilines is 3. The minimum atomic E-state index is -6.30. The number of aliphatic hydroxyl groups excluding tert-OH is 3. The van der Waals surface area contributed by atoms with Crippen LogP contribution in [0.1, 0.15) is 25.1 Å². The second kappa shape index (κ2) is 23.3. The number of imidazole rings is 3. The molecule has 45 heteroatoms. The quantitative estimate of drug-likeness (QED) is 0.0162. The van der Waals surface area contributed by atoms with Gasteiger partial charge in [0, 0.05) is 33.1 Å². The molecule has 1 amide bonds. The van der Waals surface area contributed by atoms with Crippen LogP contribution in [0, 0.1) is 5.92 Å². The number of aromatic nitrogens is 12. The normalized spacial score (nSPS) is 28.8. The minimum absolute atomic E-state index is 0.0281. The zero-order valence-electron chi connectivity index (χ0n) is 42.4. The van der Waals surface area contributed by atoms with E-state index in [0.717, 1.165) is 28.9 Å². The number of fused-ring (bicyclic) bond motifs is 3. The third-order valence-electron chi connectivity index (χ3n) is 13.0. The maximum absolute atomic E-state index is 14.5. The minimum Gasteiger partial charge on any atom is -0.387 e. The molecule has 0 aromatic carbocycles. The number of nitrogens with zero attached hydrogens (tertiary/aromatic N) is 9. The van der Waals surface area contributed by atoms with Crippen LogP contribution in [0.5, 0.6) is 0 Å². The first kappa shape index (κ1) is 60.7. The molecule has 9 rings (SSSR count). The number of methoxy groups -OCH3 is 2. The maximum atomic E-state index is 14.5. The van der Waals surface area contributed by atoms with Crippen molar-refractivity contribution in [1.29, 1.82) is 0 Å². The second-order valence-electron chi connectivity index (χ2n) is 18.4. The van der Waals surface area contributed by atoms with Crippen molar-refractivity contribution in [2.75, 3.05) is 64.4 Å². The molecule has 17 N–H and O–H groups in total. The highest BCUT2D eigenvalue weighted by atomic mass is 31.3.